The normalized spacial score (nSPS) is 11.1. The van der Waals surface area contributed by atoms with E-state index in [9.17, 15) is 15.8 Å². The first kappa shape index (κ1) is 28.8. The van der Waals surface area contributed by atoms with Gasteiger partial charge in [-0.3, -0.25) is 0 Å². The van der Waals surface area contributed by atoms with Crippen LogP contribution in [0, 0.1) is 34.0 Å². The molecule has 0 radical (unpaired) electrons. The zero-order chi connectivity index (χ0) is 33.8. The highest BCUT2D eigenvalue weighted by Crippen LogP contribution is 2.39. The van der Waals surface area contributed by atoms with Gasteiger partial charge in [0.2, 0.25) is 0 Å². The number of aromatic nitrogens is 2. The van der Waals surface area contributed by atoms with Gasteiger partial charge in [-0.05, 0) is 83.9 Å². The number of fused-ring (bicyclic) bond motifs is 6. The van der Waals surface area contributed by atoms with E-state index in [4.69, 9.17) is 0 Å². The van der Waals surface area contributed by atoms with Gasteiger partial charge in [0, 0.05) is 38.4 Å². The zero-order valence-corrected chi connectivity index (χ0v) is 26.7. The minimum absolute atomic E-state index is 0.553. The van der Waals surface area contributed by atoms with Crippen LogP contribution >= 0.6 is 0 Å². The van der Waals surface area contributed by atoms with Crippen molar-refractivity contribution in [3.63, 3.8) is 0 Å². The lowest BCUT2D eigenvalue weighted by atomic mass is 9.94. The van der Waals surface area contributed by atoms with Crippen LogP contribution in [-0.4, -0.2) is 9.13 Å². The van der Waals surface area contributed by atoms with Crippen LogP contribution in [0.25, 0.3) is 77.2 Å². The van der Waals surface area contributed by atoms with Gasteiger partial charge < -0.3 is 9.13 Å². The topological polar surface area (TPSA) is 81.2 Å². The Morgan fingerprint density at radius 1 is 0.380 bits per heavy atom. The molecular formula is C45H25N5. The standard InChI is InChI=1S/C45H25N5/c46-26-29-16-20-44-39(22-29)40-23-30(27-47)17-21-45(40)50(44)43-15-6-1-10-36(43)35-19-18-32(24-33(35)28-48)31-8-7-9-34(25-31)49-41-13-4-2-11-37(41)38-12-3-5-14-42(38)49/h1-25H. The Hall–Kier alpha value is -7.39. The summed E-state index contributed by atoms with van der Waals surface area (Å²) in [4.78, 5) is 0. The highest BCUT2D eigenvalue weighted by atomic mass is 15.0. The summed E-state index contributed by atoms with van der Waals surface area (Å²) in [5, 5.41) is 34.1. The summed E-state index contributed by atoms with van der Waals surface area (Å²) in [7, 11) is 0. The number of benzene rings is 7. The molecule has 0 saturated carbocycles. The van der Waals surface area contributed by atoms with Gasteiger partial charge in [0.25, 0.3) is 0 Å². The van der Waals surface area contributed by atoms with Crippen molar-refractivity contribution < 1.29 is 0 Å². The molecular weight excluding hydrogens is 611 g/mol. The van der Waals surface area contributed by atoms with E-state index in [1.165, 1.54) is 10.8 Å². The number of hydrogen-bond donors (Lipinski definition) is 0. The SMILES string of the molecule is N#Cc1ccc2c(c1)c1cc(C#N)ccc1n2-c1ccccc1-c1ccc(-c2cccc(-n3c4ccccc4c4ccccc43)c2)cc1C#N. The maximum Gasteiger partial charge on any atom is 0.0998 e. The molecule has 9 aromatic rings. The molecule has 0 aliphatic carbocycles. The molecule has 0 fully saturated rings. The Labute approximate surface area is 287 Å². The van der Waals surface area contributed by atoms with Crippen molar-refractivity contribution in [3.8, 4) is 51.8 Å². The summed E-state index contributed by atoms with van der Waals surface area (Å²) >= 11 is 0. The Kier molecular flexibility index (Phi) is 6.56. The second-order valence-corrected chi connectivity index (χ2v) is 12.3. The van der Waals surface area contributed by atoms with Crippen LogP contribution < -0.4 is 0 Å². The highest BCUT2D eigenvalue weighted by molar-refractivity contribution is 6.11. The van der Waals surface area contributed by atoms with Gasteiger partial charge in [-0.15, -0.1) is 0 Å². The van der Waals surface area contributed by atoms with E-state index >= 15 is 0 Å². The second-order valence-electron chi connectivity index (χ2n) is 12.3. The van der Waals surface area contributed by atoms with Crippen LogP contribution in [0.5, 0.6) is 0 Å². The summed E-state index contributed by atoms with van der Waals surface area (Å²) < 4.78 is 4.46. The quantitative estimate of drug-likeness (QED) is 0.193. The summed E-state index contributed by atoms with van der Waals surface area (Å²) in [6.45, 7) is 0. The molecule has 2 heterocycles. The molecule has 0 N–H and O–H groups in total. The van der Waals surface area contributed by atoms with E-state index in [1.807, 2.05) is 66.7 Å². The molecule has 0 bridgehead atoms. The van der Waals surface area contributed by atoms with Crippen molar-refractivity contribution in [1.29, 1.82) is 15.8 Å². The van der Waals surface area contributed by atoms with Gasteiger partial charge in [0.05, 0.1) is 62.7 Å². The predicted molar refractivity (Wildman–Crippen MR) is 200 cm³/mol. The van der Waals surface area contributed by atoms with E-state index in [-0.39, 0.29) is 0 Å². The van der Waals surface area contributed by atoms with E-state index in [2.05, 4.69) is 112 Å². The average molecular weight is 636 g/mol. The van der Waals surface area contributed by atoms with Crippen molar-refractivity contribution in [2.45, 2.75) is 0 Å². The number of para-hydroxylation sites is 3. The first-order valence-electron chi connectivity index (χ1n) is 16.3. The fourth-order valence-corrected chi connectivity index (χ4v) is 7.39. The van der Waals surface area contributed by atoms with Gasteiger partial charge in [-0.2, -0.15) is 15.8 Å². The Morgan fingerprint density at radius 3 is 1.60 bits per heavy atom. The first-order chi connectivity index (χ1) is 24.7. The van der Waals surface area contributed by atoms with Crippen molar-refractivity contribution in [2.75, 3.05) is 0 Å². The summed E-state index contributed by atoms with van der Waals surface area (Å²) in [5.41, 5.74) is 11.5. The molecule has 2 aromatic heterocycles. The molecule has 0 saturated heterocycles. The molecule has 0 amide bonds. The average Bonchev–Trinajstić information content (AvgIpc) is 3.69. The molecule has 50 heavy (non-hydrogen) atoms. The molecule has 5 nitrogen and oxygen atoms in total. The highest BCUT2D eigenvalue weighted by Gasteiger charge is 2.19. The molecule has 5 heteroatoms. The van der Waals surface area contributed by atoms with E-state index in [1.54, 1.807) is 0 Å². The summed E-state index contributed by atoms with van der Waals surface area (Å²) in [6, 6.07) is 57.9. The van der Waals surface area contributed by atoms with Gasteiger partial charge in [-0.1, -0.05) is 78.9 Å². The first-order valence-corrected chi connectivity index (χ1v) is 16.3. The Balaban J connectivity index is 1.19. The van der Waals surface area contributed by atoms with Crippen LogP contribution in [0.3, 0.4) is 0 Å². The summed E-state index contributed by atoms with van der Waals surface area (Å²) in [6.07, 6.45) is 0. The smallest absolute Gasteiger partial charge is 0.0998 e. The fourth-order valence-electron chi connectivity index (χ4n) is 7.39. The fraction of sp³-hybridized carbons (Fsp3) is 0. The number of rotatable bonds is 4. The van der Waals surface area contributed by atoms with Gasteiger partial charge in [0.15, 0.2) is 0 Å². The van der Waals surface area contributed by atoms with Crippen molar-refractivity contribution in [2.24, 2.45) is 0 Å². The number of nitrogens with zero attached hydrogens (tertiary/aromatic N) is 5. The van der Waals surface area contributed by atoms with Crippen molar-refractivity contribution >= 4 is 43.6 Å². The monoisotopic (exact) mass is 635 g/mol. The number of hydrogen-bond acceptors (Lipinski definition) is 3. The third-order valence-electron chi connectivity index (χ3n) is 9.62. The minimum atomic E-state index is 0.553. The van der Waals surface area contributed by atoms with E-state index < -0.39 is 0 Å². The lowest BCUT2D eigenvalue weighted by Gasteiger charge is -2.16. The zero-order valence-electron chi connectivity index (χ0n) is 26.7. The maximum atomic E-state index is 10.6. The molecule has 7 aromatic carbocycles. The Morgan fingerprint density at radius 2 is 0.960 bits per heavy atom. The maximum absolute atomic E-state index is 10.6. The van der Waals surface area contributed by atoms with Crippen LogP contribution in [0.2, 0.25) is 0 Å². The molecule has 230 valence electrons. The Bertz CT molecular complexity index is 2850. The van der Waals surface area contributed by atoms with Gasteiger partial charge in [0.1, 0.15) is 0 Å². The third kappa shape index (κ3) is 4.38. The molecule has 0 atom stereocenters. The largest absolute Gasteiger partial charge is 0.309 e. The lowest BCUT2D eigenvalue weighted by molar-refractivity contribution is 1.18. The molecule has 0 aliphatic rings. The van der Waals surface area contributed by atoms with Crippen molar-refractivity contribution in [1.82, 2.24) is 9.13 Å². The molecule has 9 rings (SSSR count). The van der Waals surface area contributed by atoms with Crippen molar-refractivity contribution in [3.05, 3.63) is 168 Å². The summed E-state index contributed by atoms with van der Waals surface area (Å²) in [5.74, 6) is 0. The predicted octanol–water partition coefficient (Wildman–Crippen LogP) is 10.8. The van der Waals surface area contributed by atoms with Crippen LogP contribution in [-0.2, 0) is 0 Å². The van der Waals surface area contributed by atoms with Gasteiger partial charge >= 0.3 is 0 Å². The van der Waals surface area contributed by atoms with Gasteiger partial charge in [-0.25, -0.2) is 0 Å². The molecule has 0 aliphatic heterocycles. The third-order valence-corrected chi connectivity index (χ3v) is 9.62. The van der Waals surface area contributed by atoms with Crippen LogP contribution in [0.4, 0.5) is 0 Å². The minimum Gasteiger partial charge on any atom is -0.309 e. The van der Waals surface area contributed by atoms with Crippen LogP contribution in [0.15, 0.2) is 152 Å². The van der Waals surface area contributed by atoms with E-state index in [0.29, 0.717) is 16.7 Å². The van der Waals surface area contributed by atoms with E-state index in [0.717, 1.165) is 66.5 Å². The lowest BCUT2D eigenvalue weighted by Crippen LogP contribution is -1.98. The number of nitriles is 3. The molecule has 0 spiro atoms. The van der Waals surface area contributed by atoms with Crippen LogP contribution in [0.1, 0.15) is 16.7 Å². The second kappa shape index (κ2) is 11.4. The molecule has 0 unspecified atom stereocenters.